The number of nitrogens with one attached hydrogen (secondary N) is 1. The SMILES string of the molecule is CN1CCCn2c(-c3cc(Cl)ccc3F)nc(C(=O)NC(C(=O)N3CCN(C(=O)OC(C)(C)C)CC3)C(C)(C)C)c2C1. The Morgan fingerprint density at radius 1 is 1.00 bits per heavy atom. The molecule has 3 amide bonds. The number of imidazole rings is 1. The highest BCUT2D eigenvalue weighted by atomic mass is 35.5. The predicted molar refractivity (Wildman–Crippen MR) is 159 cm³/mol. The van der Waals surface area contributed by atoms with Crippen LogP contribution in [0.4, 0.5) is 9.18 Å². The zero-order chi connectivity index (χ0) is 31.0. The second-order valence-electron chi connectivity index (χ2n) is 13.2. The number of hydrogen-bond acceptors (Lipinski definition) is 6. The molecule has 10 nitrogen and oxygen atoms in total. The Balaban J connectivity index is 1.58. The van der Waals surface area contributed by atoms with Crippen LogP contribution >= 0.6 is 11.6 Å². The summed E-state index contributed by atoms with van der Waals surface area (Å²) in [6.45, 7) is 14.2. The highest BCUT2D eigenvalue weighted by molar-refractivity contribution is 6.30. The van der Waals surface area contributed by atoms with E-state index < -0.39 is 34.9 Å². The van der Waals surface area contributed by atoms with E-state index >= 15 is 0 Å². The number of rotatable bonds is 4. The van der Waals surface area contributed by atoms with Crippen LogP contribution in [0, 0.1) is 11.2 Å². The third-order valence-corrected chi connectivity index (χ3v) is 7.66. The standard InChI is InChI=1S/C30H42ClFN6O4/c1-29(2,3)24(27(40)36-13-15-37(16-14-36)28(41)42-30(4,5)6)34-26(39)23-22-18-35(7)11-8-12-38(22)25(33-23)20-17-19(31)9-10-21(20)32/h9-10,17,24H,8,11-16,18H2,1-7H3,(H,34,39). The van der Waals surface area contributed by atoms with E-state index in [4.69, 9.17) is 16.3 Å². The molecular weight excluding hydrogens is 563 g/mol. The topological polar surface area (TPSA) is 100 Å². The van der Waals surface area contributed by atoms with E-state index in [1.54, 1.807) is 9.80 Å². The molecule has 2 aliphatic rings. The molecule has 1 N–H and O–H groups in total. The summed E-state index contributed by atoms with van der Waals surface area (Å²) in [5, 5.41) is 3.33. The first-order chi connectivity index (χ1) is 19.5. The number of piperazine rings is 1. The highest BCUT2D eigenvalue weighted by Crippen LogP contribution is 2.30. The summed E-state index contributed by atoms with van der Waals surface area (Å²) in [6, 6.07) is 3.42. The van der Waals surface area contributed by atoms with Gasteiger partial charge in [-0.15, -0.1) is 0 Å². The number of nitrogens with zero attached hydrogens (tertiary/aromatic N) is 5. The second-order valence-corrected chi connectivity index (χ2v) is 13.6. The Morgan fingerprint density at radius 2 is 1.64 bits per heavy atom. The Hall–Kier alpha value is -3.18. The highest BCUT2D eigenvalue weighted by Gasteiger charge is 2.39. The van der Waals surface area contributed by atoms with E-state index in [0.717, 1.165) is 13.0 Å². The van der Waals surface area contributed by atoms with Gasteiger partial charge in [0.1, 0.15) is 23.3 Å². The number of amides is 3. The first-order valence-electron chi connectivity index (χ1n) is 14.4. The molecule has 2 aliphatic heterocycles. The van der Waals surface area contributed by atoms with Gasteiger partial charge < -0.3 is 29.3 Å². The van der Waals surface area contributed by atoms with E-state index in [1.165, 1.54) is 18.2 Å². The van der Waals surface area contributed by atoms with Crippen molar-refractivity contribution in [1.82, 2.24) is 29.6 Å². The van der Waals surface area contributed by atoms with E-state index in [-0.39, 0.29) is 17.2 Å². The van der Waals surface area contributed by atoms with Gasteiger partial charge in [-0.3, -0.25) is 9.59 Å². The summed E-state index contributed by atoms with van der Waals surface area (Å²) in [6.07, 6.45) is 0.391. The fourth-order valence-corrected chi connectivity index (χ4v) is 5.42. The molecule has 1 aromatic heterocycles. The van der Waals surface area contributed by atoms with Crippen LogP contribution in [0.3, 0.4) is 0 Å². The number of benzene rings is 1. The maximum atomic E-state index is 14.9. The minimum atomic E-state index is -0.856. The number of hydrogen-bond donors (Lipinski definition) is 1. The Labute approximate surface area is 252 Å². The normalized spacial score (nSPS) is 17.4. The Morgan fingerprint density at radius 3 is 2.26 bits per heavy atom. The fraction of sp³-hybridized carbons (Fsp3) is 0.600. The average Bonchev–Trinajstić information content (AvgIpc) is 3.12. The number of carbonyl (C=O) groups excluding carboxylic acids is 3. The first kappa shape index (κ1) is 31.7. The van der Waals surface area contributed by atoms with Gasteiger partial charge in [-0.2, -0.15) is 0 Å². The number of fused-ring (bicyclic) bond motifs is 1. The largest absolute Gasteiger partial charge is 0.444 e. The molecule has 12 heteroatoms. The van der Waals surface area contributed by atoms with Crippen LogP contribution in [0.5, 0.6) is 0 Å². The lowest BCUT2D eigenvalue weighted by Gasteiger charge is -2.39. The van der Waals surface area contributed by atoms with Gasteiger partial charge in [0, 0.05) is 44.3 Å². The summed E-state index contributed by atoms with van der Waals surface area (Å²) >= 11 is 6.19. The molecule has 42 heavy (non-hydrogen) atoms. The summed E-state index contributed by atoms with van der Waals surface area (Å²) in [4.78, 5) is 50.2. The van der Waals surface area contributed by atoms with E-state index in [9.17, 15) is 18.8 Å². The van der Waals surface area contributed by atoms with Crippen molar-refractivity contribution in [3.05, 3.63) is 40.4 Å². The molecule has 3 heterocycles. The second kappa shape index (κ2) is 12.2. The molecule has 1 aromatic carbocycles. The maximum Gasteiger partial charge on any atom is 0.410 e. The maximum absolute atomic E-state index is 14.9. The number of aromatic nitrogens is 2. The number of carbonyl (C=O) groups is 3. The van der Waals surface area contributed by atoms with Crippen LogP contribution < -0.4 is 5.32 Å². The van der Waals surface area contributed by atoms with Gasteiger partial charge in [-0.05, 0) is 64.4 Å². The summed E-state index contributed by atoms with van der Waals surface area (Å²) in [5.41, 5.74) is -0.184. The van der Waals surface area contributed by atoms with Gasteiger partial charge in [-0.1, -0.05) is 32.4 Å². The van der Waals surface area contributed by atoms with Crippen LogP contribution in [0.15, 0.2) is 18.2 Å². The molecule has 1 saturated heterocycles. The molecule has 0 bridgehead atoms. The van der Waals surface area contributed by atoms with Crippen molar-refractivity contribution >= 4 is 29.5 Å². The van der Waals surface area contributed by atoms with Gasteiger partial charge in [0.2, 0.25) is 5.91 Å². The minimum Gasteiger partial charge on any atom is -0.444 e. The fourth-order valence-electron chi connectivity index (χ4n) is 5.24. The van der Waals surface area contributed by atoms with Crippen molar-refractivity contribution < 1.29 is 23.5 Å². The van der Waals surface area contributed by atoms with Gasteiger partial charge in [0.05, 0.1) is 11.3 Å². The molecule has 0 spiro atoms. The molecule has 1 fully saturated rings. The summed E-state index contributed by atoms with van der Waals surface area (Å²) in [5.74, 6) is -0.876. The molecular formula is C30H42ClFN6O4. The molecule has 2 aromatic rings. The lowest BCUT2D eigenvalue weighted by Crippen LogP contribution is -2.59. The van der Waals surface area contributed by atoms with Gasteiger partial charge in [0.25, 0.3) is 5.91 Å². The number of halogens is 2. The van der Waals surface area contributed by atoms with Crippen molar-refractivity contribution in [1.29, 1.82) is 0 Å². The average molecular weight is 605 g/mol. The monoisotopic (exact) mass is 604 g/mol. The first-order valence-corrected chi connectivity index (χ1v) is 14.7. The summed E-state index contributed by atoms with van der Waals surface area (Å²) < 4.78 is 22.3. The molecule has 230 valence electrons. The zero-order valence-electron chi connectivity index (χ0n) is 25.6. The third kappa shape index (κ3) is 7.23. The third-order valence-electron chi connectivity index (χ3n) is 7.43. The molecule has 1 unspecified atom stereocenters. The molecule has 0 radical (unpaired) electrons. The minimum absolute atomic E-state index is 0.162. The quantitative estimate of drug-likeness (QED) is 0.555. The van der Waals surface area contributed by atoms with Crippen molar-refractivity contribution in [3.63, 3.8) is 0 Å². The van der Waals surface area contributed by atoms with Gasteiger partial charge in [0.15, 0.2) is 5.69 Å². The van der Waals surface area contributed by atoms with Gasteiger partial charge >= 0.3 is 6.09 Å². The molecule has 0 aliphatic carbocycles. The van der Waals surface area contributed by atoms with E-state index in [2.05, 4.69) is 15.2 Å². The number of ether oxygens (including phenoxy) is 1. The Kier molecular flexibility index (Phi) is 9.22. The predicted octanol–water partition coefficient (Wildman–Crippen LogP) is 4.40. The van der Waals surface area contributed by atoms with Crippen molar-refractivity contribution in [2.24, 2.45) is 5.41 Å². The van der Waals surface area contributed by atoms with Crippen LogP contribution in [0.1, 0.15) is 64.1 Å². The molecule has 4 rings (SSSR count). The molecule has 0 saturated carbocycles. The lowest BCUT2D eigenvalue weighted by molar-refractivity contribution is -0.137. The van der Waals surface area contributed by atoms with Crippen molar-refractivity contribution in [3.8, 4) is 11.4 Å². The van der Waals surface area contributed by atoms with Gasteiger partial charge in [-0.25, -0.2) is 14.2 Å². The van der Waals surface area contributed by atoms with Crippen molar-refractivity contribution in [2.75, 3.05) is 39.8 Å². The smallest absolute Gasteiger partial charge is 0.410 e. The summed E-state index contributed by atoms with van der Waals surface area (Å²) in [7, 11) is 1.96. The van der Waals surface area contributed by atoms with Crippen molar-refractivity contribution in [2.45, 2.75) is 72.7 Å². The van der Waals surface area contributed by atoms with Crippen LogP contribution in [-0.4, -0.2) is 93.6 Å². The van der Waals surface area contributed by atoms with Crippen LogP contribution in [0.2, 0.25) is 5.02 Å². The van der Waals surface area contributed by atoms with Crippen LogP contribution in [-0.2, 0) is 22.6 Å². The van der Waals surface area contributed by atoms with Crippen LogP contribution in [0.25, 0.3) is 11.4 Å². The van der Waals surface area contributed by atoms with E-state index in [1.807, 2.05) is 53.2 Å². The molecule has 1 atom stereocenters. The van der Waals surface area contributed by atoms with E-state index in [0.29, 0.717) is 55.8 Å². The Bertz CT molecular complexity index is 1340. The lowest BCUT2D eigenvalue weighted by atomic mass is 9.85. The zero-order valence-corrected chi connectivity index (χ0v) is 26.3.